The summed E-state index contributed by atoms with van der Waals surface area (Å²) in [5.41, 5.74) is 0.938. The highest BCUT2D eigenvalue weighted by Gasteiger charge is 2.24. The van der Waals surface area contributed by atoms with Crippen LogP contribution in [0.3, 0.4) is 0 Å². The fourth-order valence-electron chi connectivity index (χ4n) is 3.19. The average Bonchev–Trinajstić information content (AvgIpc) is 2.92. The van der Waals surface area contributed by atoms with E-state index < -0.39 is 6.10 Å². The van der Waals surface area contributed by atoms with Crippen LogP contribution in [0.5, 0.6) is 0 Å². The molecule has 2 aromatic rings. The van der Waals surface area contributed by atoms with Gasteiger partial charge in [0.05, 0.1) is 12.2 Å². The first-order valence-corrected chi connectivity index (χ1v) is 7.79. The van der Waals surface area contributed by atoms with E-state index in [2.05, 4.69) is 23.5 Å². The molecule has 21 heavy (non-hydrogen) atoms. The van der Waals surface area contributed by atoms with E-state index >= 15 is 0 Å². The van der Waals surface area contributed by atoms with Gasteiger partial charge in [0.2, 0.25) is 0 Å². The second-order valence-corrected chi connectivity index (χ2v) is 6.04. The minimum Gasteiger partial charge on any atom is -0.393 e. The van der Waals surface area contributed by atoms with Crippen molar-refractivity contribution in [1.82, 2.24) is 5.32 Å². The lowest BCUT2D eigenvalue weighted by molar-refractivity contribution is 0.124. The first kappa shape index (κ1) is 14.5. The quantitative estimate of drug-likeness (QED) is 0.791. The molecule has 0 saturated heterocycles. The molecule has 3 heteroatoms. The van der Waals surface area contributed by atoms with Crippen LogP contribution in [0.4, 0.5) is 0 Å². The first-order chi connectivity index (χ1) is 10.2. The number of benzene rings is 2. The Labute approximate surface area is 125 Å². The maximum atomic E-state index is 10.3. The minimum absolute atomic E-state index is 0.171. The van der Waals surface area contributed by atoms with Crippen LogP contribution in [0.1, 0.15) is 30.9 Å². The van der Waals surface area contributed by atoms with Gasteiger partial charge >= 0.3 is 0 Å². The number of hydrogen-bond donors (Lipinski definition) is 3. The first-order valence-electron chi connectivity index (χ1n) is 7.79. The molecule has 3 N–H and O–H groups in total. The fourth-order valence-corrected chi connectivity index (χ4v) is 3.19. The summed E-state index contributed by atoms with van der Waals surface area (Å²) < 4.78 is 0. The third-order valence-corrected chi connectivity index (χ3v) is 4.52. The van der Waals surface area contributed by atoms with Crippen molar-refractivity contribution in [3.05, 3.63) is 48.0 Å². The summed E-state index contributed by atoms with van der Waals surface area (Å²) in [6, 6.07) is 14.3. The molecule has 3 unspecified atom stereocenters. The van der Waals surface area contributed by atoms with Gasteiger partial charge in [0.1, 0.15) is 0 Å². The standard InChI is InChI=1S/C18H23NO2/c20-17-7-3-6-16(17)11-19-12-18(21)15-9-8-13-4-1-2-5-14(13)10-15/h1-2,4-5,8-10,16-21H,3,6-7,11-12H2. The van der Waals surface area contributed by atoms with Crippen molar-refractivity contribution in [2.45, 2.75) is 31.5 Å². The molecule has 0 aromatic heterocycles. The fraction of sp³-hybridized carbons (Fsp3) is 0.444. The molecule has 3 atom stereocenters. The van der Waals surface area contributed by atoms with Gasteiger partial charge < -0.3 is 15.5 Å². The van der Waals surface area contributed by atoms with Crippen molar-refractivity contribution in [2.24, 2.45) is 5.92 Å². The molecule has 0 amide bonds. The second kappa shape index (κ2) is 6.56. The van der Waals surface area contributed by atoms with Gasteiger partial charge in [0.25, 0.3) is 0 Å². The molecule has 1 saturated carbocycles. The second-order valence-electron chi connectivity index (χ2n) is 6.04. The summed E-state index contributed by atoms with van der Waals surface area (Å²) in [5.74, 6) is 0.341. The highest BCUT2D eigenvalue weighted by molar-refractivity contribution is 5.83. The summed E-state index contributed by atoms with van der Waals surface area (Å²) in [4.78, 5) is 0. The number of hydrogen-bond acceptors (Lipinski definition) is 3. The lowest BCUT2D eigenvalue weighted by Crippen LogP contribution is -2.30. The predicted octanol–water partition coefficient (Wildman–Crippen LogP) is 2.62. The van der Waals surface area contributed by atoms with Crippen LogP contribution in [-0.4, -0.2) is 29.4 Å². The molecule has 3 nitrogen and oxygen atoms in total. The highest BCUT2D eigenvalue weighted by atomic mass is 16.3. The van der Waals surface area contributed by atoms with E-state index in [4.69, 9.17) is 0 Å². The van der Waals surface area contributed by atoms with Crippen molar-refractivity contribution in [3.63, 3.8) is 0 Å². The SMILES string of the molecule is OC(CNCC1CCCC1O)c1ccc2ccccc2c1. The molecule has 0 spiro atoms. The number of fused-ring (bicyclic) bond motifs is 1. The lowest BCUT2D eigenvalue weighted by Gasteiger charge is -2.17. The Morgan fingerprint density at radius 2 is 1.90 bits per heavy atom. The molecule has 112 valence electrons. The highest BCUT2D eigenvalue weighted by Crippen LogP contribution is 2.25. The summed E-state index contributed by atoms with van der Waals surface area (Å²) in [6.45, 7) is 1.31. The largest absolute Gasteiger partial charge is 0.393 e. The van der Waals surface area contributed by atoms with Gasteiger partial charge in [0.15, 0.2) is 0 Å². The number of nitrogens with one attached hydrogen (secondary N) is 1. The Morgan fingerprint density at radius 1 is 1.10 bits per heavy atom. The van der Waals surface area contributed by atoms with Gasteiger partial charge in [0, 0.05) is 13.1 Å². The Hall–Kier alpha value is -1.42. The Balaban J connectivity index is 1.57. The maximum Gasteiger partial charge on any atom is 0.0914 e. The molecule has 0 bridgehead atoms. The summed E-state index contributed by atoms with van der Waals surface area (Å²) >= 11 is 0. The summed E-state index contributed by atoms with van der Waals surface area (Å²) in [6.07, 6.45) is 2.43. The van der Waals surface area contributed by atoms with Crippen LogP contribution in [0.15, 0.2) is 42.5 Å². The molecule has 1 aliphatic carbocycles. The predicted molar refractivity (Wildman–Crippen MR) is 85.1 cm³/mol. The van der Waals surface area contributed by atoms with E-state index in [1.54, 1.807) is 0 Å². The zero-order valence-electron chi connectivity index (χ0n) is 12.2. The van der Waals surface area contributed by atoms with Crippen molar-refractivity contribution in [1.29, 1.82) is 0 Å². The van der Waals surface area contributed by atoms with E-state index in [1.165, 1.54) is 5.39 Å². The van der Waals surface area contributed by atoms with Gasteiger partial charge in [-0.3, -0.25) is 0 Å². The maximum absolute atomic E-state index is 10.3. The molecular weight excluding hydrogens is 262 g/mol. The van der Waals surface area contributed by atoms with Crippen molar-refractivity contribution in [3.8, 4) is 0 Å². The van der Waals surface area contributed by atoms with Gasteiger partial charge in [-0.15, -0.1) is 0 Å². The third kappa shape index (κ3) is 3.43. The van der Waals surface area contributed by atoms with Crippen LogP contribution < -0.4 is 5.32 Å². The summed E-state index contributed by atoms with van der Waals surface area (Å²) in [7, 11) is 0. The molecule has 2 aromatic carbocycles. The van der Waals surface area contributed by atoms with Crippen molar-refractivity contribution >= 4 is 10.8 Å². The van der Waals surface area contributed by atoms with E-state index in [-0.39, 0.29) is 6.10 Å². The molecule has 3 rings (SSSR count). The molecule has 0 heterocycles. The van der Waals surface area contributed by atoms with Crippen LogP contribution in [-0.2, 0) is 0 Å². The van der Waals surface area contributed by atoms with Gasteiger partial charge in [-0.1, -0.05) is 42.8 Å². The molecule has 0 aliphatic heterocycles. The van der Waals surface area contributed by atoms with E-state index in [1.807, 2.05) is 24.3 Å². The number of aliphatic hydroxyl groups is 2. The van der Waals surface area contributed by atoms with E-state index in [9.17, 15) is 10.2 Å². The van der Waals surface area contributed by atoms with Gasteiger partial charge in [-0.25, -0.2) is 0 Å². The molecule has 0 radical (unpaired) electrons. The van der Waals surface area contributed by atoms with Crippen molar-refractivity contribution in [2.75, 3.05) is 13.1 Å². The lowest BCUT2D eigenvalue weighted by atomic mass is 10.0. The molecular formula is C18H23NO2. The molecule has 1 fully saturated rings. The number of aliphatic hydroxyl groups excluding tert-OH is 2. The topological polar surface area (TPSA) is 52.5 Å². The van der Waals surface area contributed by atoms with Gasteiger partial charge in [-0.2, -0.15) is 0 Å². The monoisotopic (exact) mass is 285 g/mol. The van der Waals surface area contributed by atoms with Crippen LogP contribution >= 0.6 is 0 Å². The number of rotatable bonds is 5. The van der Waals surface area contributed by atoms with Crippen LogP contribution in [0, 0.1) is 5.92 Å². The van der Waals surface area contributed by atoms with Crippen LogP contribution in [0.25, 0.3) is 10.8 Å². The van der Waals surface area contributed by atoms with Gasteiger partial charge in [-0.05, 0) is 41.2 Å². The van der Waals surface area contributed by atoms with E-state index in [0.29, 0.717) is 12.5 Å². The smallest absolute Gasteiger partial charge is 0.0914 e. The zero-order valence-corrected chi connectivity index (χ0v) is 12.2. The Bertz CT molecular complexity index is 599. The van der Waals surface area contributed by atoms with Crippen LogP contribution in [0.2, 0.25) is 0 Å². The summed E-state index contributed by atoms with van der Waals surface area (Å²) in [5, 5.41) is 25.7. The normalized spacial score (nSPS) is 23.5. The third-order valence-electron chi connectivity index (χ3n) is 4.52. The van der Waals surface area contributed by atoms with Crippen molar-refractivity contribution < 1.29 is 10.2 Å². The molecule has 1 aliphatic rings. The zero-order chi connectivity index (χ0) is 14.7. The van der Waals surface area contributed by atoms with E-state index in [0.717, 1.165) is 36.8 Å². The Morgan fingerprint density at radius 3 is 2.67 bits per heavy atom. The Kier molecular flexibility index (Phi) is 4.54. The average molecular weight is 285 g/mol. The minimum atomic E-state index is -0.506.